The van der Waals surface area contributed by atoms with E-state index in [2.05, 4.69) is 12.1 Å². The van der Waals surface area contributed by atoms with Crippen molar-refractivity contribution in [1.29, 1.82) is 0 Å². The van der Waals surface area contributed by atoms with Crippen LogP contribution in [0.25, 0.3) is 0 Å². The van der Waals surface area contributed by atoms with E-state index in [-0.39, 0.29) is 0 Å². The second kappa shape index (κ2) is 6.34. The highest BCUT2D eigenvalue weighted by Gasteiger charge is 2.17. The van der Waals surface area contributed by atoms with Gasteiger partial charge < -0.3 is 0 Å². The molecule has 0 aliphatic carbocycles. The van der Waals surface area contributed by atoms with E-state index in [1.165, 1.54) is 11.5 Å². The Morgan fingerprint density at radius 1 is 0.476 bits per heavy atom. The maximum absolute atomic E-state index is 6.00. The Balaban J connectivity index is 2.11. The smallest absolute Gasteiger partial charge is 0.0629 e. The van der Waals surface area contributed by atoms with E-state index < -0.39 is 0 Å². The first-order valence-electron chi connectivity index (χ1n) is 6.68. The SMILES string of the molecule is Clc1ccc([C](c2ccccc2)c2ccc(Cl)cc2)cc1. The van der Waals surface area contributed by atoms with E-state index in [1.807, 2.05) is 66.7 Å². The van der Waals surface area contributed by atoms with Crippen molar-refractivity contribution in [2.45, 2.75) is 0 Å². The van der Waals surface area contributed by atoms with Crippen LogP contribution in [0.2, 0.25) is 10.0 Å². The van der Waals surface area contributed by atoms with Crippen LogP contribution in [-0.2, 0) is 0 Å². The summed E-state index contributed by atoms with van der Waals surface area (Å²) < 4.78 is 0. The average molecular weight is 312 g/mol. The van der Waals surface area contributed by atoms with Gasteiger partial charge in [-0.1, -0.05) is 77.8 Å². The summed E-state index contributed by atoms with van der Waals surface area (Å²) in [5, 5.41) is 1.48. The Hall–Kier alpha value is -1.76. The topological polar surface area (TPSA) is 0 Å². The lowest BCUT2D eigenvalue weighted by Gasteiger charge is -2.18. The fourth-order valence-corrected chi connectivity index (χ4v) is 2.59. The number of rotatable bonds is 3. The lowest BCUT2D eigenvalue weighted by molar-refractivity contribution is 1.23. The second-order valence-electron chi connectivity index (χ2n) is 4.75. The minimum absolute atomic E-state index is 0.738. The number of halogens is 2. The molecule has 0 bridgehead atoms. The number of benzene rings is 3. The molecule has 103 valence electrons. The zero-order chi connectivity index (χ0) is 14.7. The normalized spacial score (nSPS) is 10.8. The van der Waals surface area contributed by atoms with Gasteiger partial charge in [-0.25, -0.2) is 0 Å². The van der Waals surface area contributed by atoms with Gasteiger partial charge in [-0.05, 0) is 41.0 Å². The molecule has 2 heteroatoms. The quantitative estimate of drug-likeness (QED) is 0.519. The third kappa shape index (κ3) is 3.29. The molecule has 0 spiro atoms. The highest BCUT2D eigenvalue weighted by molar-refractivity contribution is 6.30. The van der Waals surface area contributed by atoms with E-state index in [9.17, 15) is 0 Å². The highest BCUT2D eigenvalue weighted by atomic mass is 35.5. The van der Waals surface area contributed by atoms with Gasteiger partial charge in [0.2, 0.25) is 0 Å². The van der Waals surface area contributed by atoms with Gasteiger partial charge in [0.1, 0.15) is 0 Å². The van der Waals surface area contributed by atoms with Crippen LogP contribution < -0.4 is 0 Å². The van der Waals surface area contributed by atoms with Gasteiger partial charge >= 0.3 is 0 Å². The maximum atomic E-state index is 6.00. The van der Waals surface area contributed by atoms with Crippen molar-refractivity contribution < 1.29 is 0 Å². The molecule has 0 heterocycles. The Kier molecular flexibility index (Phi) is 4.28. The molecule has 3 aromatic carbocycles. The van der Waals surface area contributed by atoms with E-state index in [0.717, 1.165) is 21.2 Å². The fraction of sp³-hybridized carbons (Fsp3) is 0. The third-order valence-electron chi connectivity index (χ3n) is 3.33. The lowest BCUT2D eigenvalue weighted by atomic mass is 9.85. The Morgan fingerprint density at radius 2 is 0.857 bits per heavy atom. The molecule has 1 radical (unpaired) electrons. The van der Waals surface area contributed by atoms with Gasteiger partial charge in [-0.3, -0.25) is 0 Å². The summed E-state index contributed by atoms with van der Waals surface area (Å²) >= 11 is 12.0. The predicted octanol–water partition coefficient (Wildman–Crippen LogP) is 6.01. The molecule has 0 amide bonds. The Bertz CT molecular complexity index is 655. The van der Waals surface area contributed by atoms with Crippen LogP contribution >= 0.6 is 23.2 Å². The van der Waals surface area contributed by atoms with Crippen molar-refractivity contribution >= 4 is 23.2 Å². The zero-order valence-corrected chi connectivity index (χ0v) is 12.8. The largest absolute Gasteiger partial charge is 0.0843 e. The molecule has 0 nitrogen and oxygen atoms in total. The highest BCUT2D eigenvalue weighted by Crippen LogP contribution is 2.32. The first-order chi connectivity index (χ1) is 10.2. The van der Waals surface area contributed by atoms with Gasteiger partial charge in [0.05, 0.1) is 5.92 Å². The molecular weight excluding hydrogens is 299 g/mol. The summed E-state index contributed by atoms with van der Waals surface area (Å²) in [6, 6.07) is 26.1. The van der Waals surface area contributed by atoms with Crippen LogP contribution in [-0.4, -0.2) is 0 Å². The number of hydrogen-bond acceptors (Lipinski definition) is 0. The van der Waals surface area contributed by atoms with Gasteiger partial charge in [0.15, 0.2) is 0 Å². The van der Waals surface area contributed by atoms with Gasteiger partial charge in [-0.15, -0.1) is 0 Å². The number of hydrogen-bond donors (Lipinski definition) is 0. The zero-order valence-electron chi connectivity index (χ0n) is 11.3. The monoisotopic (exact) mass is 311 g/mol. The van der Waals surface area contributed by atoms with Crippen molar-refractivity contribution in [3.8, 4) is 0 Å². The summed E-state index contributed by atoms with van der Waals surface area (Å²) in [5.41, 5.74) is 3.43. The minimum atomic E-state index is 0.738. The summed E-state index contributed by atoms with van der Waals surface area (Å²) in [4.78, 5) is 0. The average Bonchev–Trinajstić information content (AvgIpc) is 2.52. The van der Waals surface area contributed by atoms with Gasteiger partial charge in [0.25, 0.3) is 0 Å². The maximum Gasteiger partial charge on any atom is 0.0629 e. The van der Waals surface area contributed by atoms with Crippen LogP contribution in [0.15, 0.2) is 78.9 Å². The predicted molar refractivity (Wildman–Crippen MR) is 89.9 cm³/mol. The van der Waals surface area contributed by atoms with Gasteiger partial charge in [0, 0.05) is 10.0 Å². The standard InChI is InChI=1S/C19H13Cl2/c20-17-10-6-15(7-11-17)19(14-4-2-1-3-5-14)16-8-12-18(21)13-9-16/h1-13H. The molecule has 0 saturated heterocycles. The fourth-order valence-electron chi connectivity index (χ4n) is 2.34. The van der Waals surface area contributed by atoms with Crippen molar-refractivity contribution in [2.24, 2.45) is 0 Å². The molecule has 0 saturated carbocycles. The molecule has 0 N–H and O–H groups in total. The molecule has 21 heavy (non-hydrogen) atoms. The third-order valence-corrected chi connectivity index (χ3v) is 3.83. The molecule has 3 aromatic rings. The van der Waals surface area contributed by atoms with Crippen LogP contribution in [0.4, 0.5) is 0 Å². The van der Waals surface area contributed by atoms with Crippen molar-refractivity contribution in [3.05, 3.63) is 112 Å². The molecule has 0 aliphatic rings. The molecule has 0 fully saturated rings. The van der Waals surface area contributed by atoms with E-state index in [1.54, 1.807) is 0 Å². The van der Waals surface area contributed by atoms with Crippen molar-refractivity contribution in [2.75, 3.05) is 0 Å². The molecule has 0 aromatic heterocycles. The molecule has 0 atom stereocenters. The Morgan fingerprint density at radius 3 is 1.29 bits per heavy atom. The molecular formula is C19H13Cl2. The minimum Gasteiger partial charge on any atom is -0.0843 e. The van der Waals surface area contributed by atoms with Crippen LogP contribution in [0, 0.1) is 5.92 Å². The van der Waals surface area contributed by atoms with Crippen molar-refractivity contribution in [1.82, 2.24) is 0 Å². The summed E-state index contributed by atoms with van der Waals surface area (Å²) in [6.45, 7) is 0. The van der Waals surface area contributed by atoms with E-state index >= 15 is 0 Å². The van der Waals surface area contributed by atoms with E-state index in [0.29, 0.717) is 0 Å². The van der Waals surface area contributed by atoms with Crippen LogP contribution in [0.5, 0.6) is 0 Å². The summed E-state index contributed by atoms with van der Waals surface area (Å²) in [7, 11) is 0. The van der Waals surface area contributed by atoms with Crippen molar-refractivity contribution in [3.63, 3.8) is 0 Å². The lowest BCUT2D eigenvalue weighted by Crippen LogP contribution is -2.04. The first-order valence-corrected chi connectivity index (χ1v) is 7.44. The molecule has 3 rings (SSSR count). The Labute approximate surface area is 135 Å². The molecule has 0 aliphatic heterocycles. The second-order valence-corrected chi connectivity index (χ2v) is 5.63. The van der Waals surface area contributed by atoms with E-state index in [4.69, 9.17) is 23.2 Å². The summed E-state index contributed by atoms with van der Waals surface area (Å²) in [5.74, 6) is 1.17. The van der Waals surface area contributed by atoms with Gasteiger partial charge in [-0.2, -0.15) is 0 Å². The molecule has 0 unspecified atom stereocenters. The van der Waals surface area contributed by atoms with Crippen LogP contribution in [0.3, 0.4) is 0 Å². The summed E-state index contributed by atoms with van der Waals surface area (Å²) in [6.07, 6.45) is 0. The van der Waals surface area contributed by atoms with Crippen LogP contribution in [0.1, 0.15) is 16.7 Å². The first kappa shape index (κ1) is 14.2.